The van der Waals surface area contributed by atoms with Crippen LogP contribution in [-0.2, 0) is 6.54 Å². The number of hydrogen-bond donors (Lipinski definition) is 0. The molecule has 1 aliphatic heterocycles. The first-order valence-corrected chi connectivity index (χ1v) is 8.93. The molecule has 132 valence electrons. The van der Waals surface area contributed by atoms with E-state index in [1.165, 1.54) is 5.56 Å². The Bertz CT molecular complexity index is 718. The molecule has 0 unspecified atom stereocenters. The summed E-state index contributed by atoms with van der Waals surface area (Å²) in [6.45, 7) is 4.28. The molecule has 0 saturated carbocycles. The maximum Gasteiger partial charge on any atom is 0.253 e. The maximum absolute atomic E-state index is 12.7. The standard InChI is InChI=1S/C20H23ClN2O2/c1-25-19-8-6-16(7-9-19)15-22-10-3-11-23(13-12-22)20(24)17-4-2-5-18(21)14-17/h2,4-9,14H,3,10-13,15H2,1H3. The van der Waals surface area contributed by atoms with Crippen LogP contribution in [0.5, 0.6) is 5.75 Å². The molecule has 4 nitrogen and oxygen atoms in total. The fraction of sp³-hybridized carbons (Fsp3) is 0.350. The van der Waals surface area contributed by atoms with Crippen LogP contribution in [0.2, 0.25) is 5.02 Å². The Hall–Kier alpha value is -2.04. The van der Waals surface area contributed by atoms with E-state index in [-0.39, 0.29) is 5.91 Å². The van der Waals surface area contributed by atoms with Crippen molar-refractivity contribution in [2.45, 2.75) is 13.0 Å². The van der Waals surface area contributed by atoms with Gasteiger partial charge >= 0.3 is 0 Å². The Morgan fingerprint density at radius 2 is 1.88 bits per heavy atom. The lowest BCUT2D eigenvalue weighted by Crippen LogP contribution is -2.35. The molecule has 0 N–H and O–H groups in total. The number of amides is 1. The van der Waals surface area contributed by atoms with E-state index in [4.69, 9.17) is 16.3 Å². The van der Waals surface area contributed by atoms with Crippen molar-refractivity contribution in [3.63, 3.8) is 0 Å². The van der Waals surface area contributed by atoms with Crippen LogP contribution in [0.15, 0.2) is 48.5 Å². The molecule has 1 amide bonds. The molecule has 0 radical (unpaired) electrons. The summed E-state index contributed by atoms with van der Waals surface area (Å²) in [6.07, 6.45) is 0.975. The van der Waals surface area contributed by atoms with Gasteiger partial charge < -0.3 is 9.64 Å². The summed E-state index contributed by atoms with van der Waals surface area (Å²) in [6, 6.07) is 15.3. The van der Waals surface area contributed by atoms with Gasteiger partial charge in [0.05, 0.1) is 7.11 Å². The smallest absolute Gasteiger partial charge is 0.253 e. The number of hydrogen-bond acceptors (Lipinski definition) is 3. The number of ether oxygens (including phenoxy) is 1. The summed E-state index contributed by atoms with van der Waals surface area (Å²) in [7, 11) is 1.68. The van der Waals surface area contributed by atoms with Gasteiger partial charge in [0.25, 0.3) is 5.91 Å². The molecule has 2 aromatic rings. The molecule has 0 aromatic heterocycles. The monoisotopic (exact) mass is 358 g/mol. The summed E-state index contributed by atoms with van der Waals surface area (Å²) in [5.74, 6) is 0.937. The van der Waals surface area contributed by atoms with E-state index in [0.717, 1.165) is 44.9 Å². The second kappa shape index (κ2) is 8.37. The summed E-state index contributed by atoms with van der Waals surface area (Å²) < 4.78 is 5.20. The van der Waals surface area contributed by atoms with Gasteiger partial charge in [-0.1, -0.05) is 29.8 Å². The van der Waals surface area contributed by atoms with Gasteiger partial charge in [0, 0.05) is 43.3 Å². The van der Waals surface area contributed by atoms with Crippen molar-refractivity contribution in [2.24, 2.45) is 0 Å². The first-order chi connectivity index (χ1) is 12.2. The van der Waals surface area contributed by atoms with Gasteiger partial charge in [-0.25, -0.2) is 0 Å². The Morgan fingerprint density at radius 1 is 1.08 bits per heavy atom. The van der Waals surface area contributed by atoms with Gasteiger partial charge in [0.15, 0.2) is 0 Å². The number of nitrogens with zero attached hydrogens (tertiary/aromatic N) is 2. The van der Waals surface area contributed by atoms with E-state index in [2.05, 4.69) is 17.0 Å². The predicted molar refractivity (Wildman–Crippen MR) is 100 cm³/mol. The molecule has 2 aromatic carbocycles. The quantitative estimate of drug-likeness (QED) is 0.835. The first kappa shape index (κ1) is 17.8. The van der Waals surface area contributed by atoms with E-state index in [1.54, 1.807) is 19.2 Å². The van der Waals surface area contributed by atoms with Gasteiger partial charge in [-0.15, -0.1) is 0 Å². The molecular weight excluding hydrogens is 336 g/mol. The third-order valence-electron chi connectivity index (χ3n) is 4.51. The molecule has 0 bridgehead atoms. The van der Waals surface area contributed by atoms with Crippen molar-refractivity contribution >= 4 is 17.5 Å². The van der Waals surface area contributed by atoms with Crippen molar-refractivity contribution in [1.29, 1.82) is 0 Å². The van der Waals surface area contributed by atoms with Gasteiger partial charge in [-0.3, -0.25) is 9.69 Å². The largest absolute Gasteiger partial charge is 0.497 e. The normalized spacial score (nSPS) is 15.7. The molecular formula is C20H23ClN2O2. The van der Waals surface area contributed by atoms with E-state index in [1.807, 2.05) is 29.2 Å². The molecule has 1 aliphatic rings. The van der Waals surface area contributed by atoms with E-state index in [0.29, 0.717) is 10.6 Å². The van der Waals surface area contributed by atoms with Gasteiger partial charge in [-0.2, -0.15) is 0 Å². The Kier molecular flexibility index (Phi) is 5.95. The third kappa shape index (κ3) is 4.74. The molecule has 5 heteroatoms. The van der Waals surface area contributed by atoms with E-state index >= 15 is 0 Å². The van der Waals surface area contributed by atoms with Crippen LogP contribution < -0.4 is 4.74 Å². The number of methoxy groups -OCH3 is 1. The van der Waals surface area contributed by atoms with Crippen LogP contribution in [0.25, 0.3) is 0 Å². The van der Waals surface area contributed by atoms with Crippen LogP contribution in [0.3, 0.4) is 0 Å². The third-order valence-corrected chi connectivity index (χ3v) is 4.75. The van der Waals surface area contributed by atoms with Crippen LogP contribution in [0.4, 0.5) is 0 Å². The molecule has 0 atom stereocenters. The Morgan fingerprint density at radius 3 is 2.60 bits per heavy atom. The highest BCUT2D eigenvalue weighted by Crippen LogP contribution is 2.16. The van der Waals surface area contributed by atoms with Crippen LogP contribution in [0.1, 0.15) is 22.3 Å². The average Bonchev–Trinajstić information content (AvgIpc) is 2.87. The van der Waals surface area contributed by atoms with Crippen molar-refractivity contribution < 1.29 is 9.53 Å². The van der Waals surface area contributed by atoms with E-state index < -0.39 is 0 Å². The summed E-state index contributed by atoms with van der Waals surface area (Å²) in [5.41, 5.74) is 1.92. The Labute approximate surface area is 154 Å². The molecule has 0 spiro atoms. The minimum atomic E-state index is 0.0637. The van der Waals surface area contributed by atoms with Crippen molar-refractivity contribution in [3.8, 4) is 5.75 Å². The molecule has 0 aliphatic carbocycles. The summed E-state index contributed by atoms with van der Waals surface area (Å²) in [4.78, 5) is 17.0. The van der Waals surface area contributed by atoms with Gasteiger partial charge in [-0.05, 0) is 42.3 Å². The highest BCUT2D eigenvalue weighted by molar-refractivity contribution is 6.30. The lowest BCUT2D eigenvalue weighted by molar-refractivity contribution is 0.0761. The lowest BCUT2D eigenvalue weighted by Gasteiger charge is -2.22. The van der Waals surface area contributed by atoms with Crippen molar-refractivity contribution in [2.75, 3.05) is 33.3 Å². The van der Waals surface area contributed by atoms with Crippen LogP contribution in [0, 0.1) is 0 Å². The first-order valence-electron chi connectivity index (χ1n) is 8.56. The number of halogens is 1. The molecule has 1 fully saturated rings. The average molecular weight is 359 g/mol. The molecule has 3 rings (SSSR count). The number of carbonyl (C=O) groups is 1. The molecule has 1 saturated heterocycles. The number of rotatable bonds is 4. The second-order valence-corrected chi connectivity index (χ2v) is 6.72. The van der Waals surface area contributed by atoms with Crippen LogP contribution in [-0.4, -0.2) is 49.0 Å². The van der Waals surface area contributed by atoms with Crippen molar-refractivity contribution in [1.82, 2.24) is 9.80 Å². The predicted octanol–water partition coefficient (Wildman–Crippen LogP) is 3.70. The minimum Gasteiger partial charge on any atom is -0.497 e. The zero-order chi connectivity index (χ0) is 17.6. The maximum atomic E-state index is 12.7. The lowest BCUT2D eigenvalue weighted by atomic mass is 10.2. The zero-order valence-corrected chi connectivity index (χ0v) is 15.2. The second-order valence-electron chi connectivity index (χ2n) is 6.28. The molecule has 1 heterocycles. The summed E-state index contributed by atoms with van der Waals surface area (Å²) >= 11 is 6.01. The zero-order valence-electron chi connectivity index (χ0n) is 14.5. The van der Waals surface area contributed by atoms with Gasteiger partial charge in [0.1, 0.15) is 5.75 Å². The number of benzene rings is 2. The SMILES string of the molecule is COc1ccc(CN2CCCN(C(=O)c3cccc(Cl)c3)CC2)cc1. The molecule has 25 heavy (non-hydrogen) atoms. The topological polar surface area (TPSA) is 32.8 Å². The Balaban J connectivity index is 1.59. The van der Waals surface area contributed by atoms with E-state index in [9.17, 15) is 4.79 Å². The highest BCUT2D eigenvalue weighted by atomic mass is 35.5. The fourth-order valence-electron chi connectivity index (χ4n) is 3.13. The number of carbonyl (C=O) groups excluding carboxylic acids is 1. The highest BCUT2D eigenvalue weighted by Gasteiger charge is 2.20. The summed E-state index contributed by atoms with van der Waals surface area (Å²) in [5, 5.41) is 0.599. The van der Waals surface area contributed by atoms with Crippen molar-refractivity contribution in [3.05, 3.63) is 64.7 Å². The van der Waals surface area contributed by atoms with Gasteiger partial charge in [0.2, 0.25) is 0 Å². The fourth-order valence-corrected chi connectivity index (χ4v) is 3.32. The van der Waals surface area contributed by atoms with Crippen LogP contribution >= 0.6 is 11.6 Å². The minimum absolute atomic E-state index is 0.0637.